The van der Waals surface area contributed by atoms with Crippen molar-refractivity contribution >= 4 is 22.1 Å². The normalized spacial score (nSPS) is 21.2. The van der Waals surface area contributed by atoms with Crippen LogP contribution in [-0.2, 0) is 16.6 Å². The van der Waals surface area contributed by atoms with Gasteiger partial charge < -0.3 is 14.9 Å². The average molecular weight is 503 g/mol. The third-order valence-electron chi connectivity index (χ3n) is 6.20. The fourth-order valence-corrected chi connectivity index (χ4v) is 6.02. The molecule has 35 heavy (non-hydrogen) atoms. The molecule has 0 fully saturated rings. The maximum Gasteiger partial charge on any atom is 0.335 e. The van der Waals surface area contributed by atoms with E-state index in [4.69, 9.17) is 9.84 Å². The van der Waals surface area contributed by atoms with Crippen LogP contribution in [0.25, 0.3) is 6.08 Å². The molecule has 8 nitrogen and oxygen atoms in total. The highest BCUT2D eigenvalue weighted by atomic mass is 32.2. The zero-order valence-electron chi connectivity index (χ0n) is 20.6. The van der Waals surface area contributed by atoms with E-state index in [0.29, 0.717) is 18.8 Å². The number of nitrogens with zero attached hydrogens (tertiary/aromatic N) is 2. The molecular formula is C26H34N2O6S. The Morgan fingerprint density at radius 2 is 1.94 bits per heavy atom. The second-order valence-electron chi connectivity index (χ2n) is 9.14. The molecule has 0 unspecified atom stereocenters. The summed E-state index contributed by atoms with van der Waals surface area (Å²) in [6.45, 7) is 6.57. The molecule has 0 saturated carbocycles. The van der Waals surface area contributed by atoms with Gasteiger partial charge in [0.05, 0.1) is 12.2 Å². The Bertz CT molecular complexity index is 1160. The fraction of sp³-hybridized carbons (Fsp3) is 0.423. The van der Waals surface area contributed by atoms with Crippen LogP contribution < -0.4 is 4.74 Å². The number of likely N-dealkylation sites (N-methyl/N-ethyl adjacent to an activating group) is 1. The molecule has 2 aromatic rings. The smallest absolute Gasteiger partial charge is 0.335 e. The number of aliphatic hydroxyl groups excluding tert-OH is 1. The molecule has 9 heteroatoms. The Balaban J connectivity index is 1.91. The zero-order valence-corrected chi connectivity index (χ0v) is 21.4. The summed E-state index contributed by atoms with van der Waals surface area (Å²) in [5.74, 6) is -0.824. The molecule has 2 aromatic carbocycles. The van der Waals surface area contributed by atoms with Crippen molar-refractivity contribution in [3.05, 3.63) is 65.2 Å². The lowest BCUT2D eigenvalue weighted by Gasteiger charge is -2.37. The molecule has 0 spiro atoms. The second kappa shape index (κ2) is 11.3. The molecule has 0 aliphatic carbocycles. The van der Waals surface area contributed by atoms with Gasteiger partial charge in [-0.2, -0.15) is 4.31 Å². The largest absolute Gasteiger partial charge is 0.487 e. The van der Waals surface area contributed by atoms with E-state index in [1.54, 1.807) is 49.4 Å². The number of carbonyl (C=O) groups is 1. The van der Waals surface area contributed by atoms with E-state index in [2.05, 4.69) is 4.90 Å². The minimum absolute atomic E-state index is 0.0925. The molecule has 0 amide bonds. The van der Waals surface area contributed by atoms with Crippen molar-refractivity contribution in [2.45, 2.75) is 44.4 Å². The van der Waals surface area contributed by atoms with Crippen molar-refractivity contribution < 1.29 is 28.2 Å². The SMILES string of the molecule is CC=Cc1ccc2c(c1)O[C@H](CN(C)Cc1ccc(C(=O)O)cc1)[C@H](C)CN([C@H](C)CO)S2(=O)=O. The average Bonchev–Trinajstić information content (AvgIpc) is 2.81. The van der Waals surface area contributed by atoms with Gasteiger partial charge in [0.15, 0.2) is 0 Å². The summed E-state index contributed by atoms with van der Waals surface area (Å²) in [6, 6.07) is 11.2. The number of benzene rings is 2. The first-order valence-electron chi connectivity index (χ1n) is 11.6. The van der Waals surface area contributed by atoms with Gasteiger partial charge in [-0.1, -0.05) is 37.3 Å². The van der Waals surface area contributed by atoms with Crippen molar-refractivity contribution in [3.63, 3.8) is 0 Å². The number of aromatic carboxylic acids is 1. The summed E-state index contributed by atoms with van der Waals surface area (Å²) in [7, 11) is -1.92. The number of fused-ring (bicyclic) bond motifs is 1. The van der Waals surface area contributed by atoms with Crippen LogP contribution in [0.15, 0.2) is 53.4 Å². The lowest BCUT2D eigenvalue weighted by molar-refractivity contribution is 0.0697. The third-order valence-corrected chi connectivity index (χ3v) is 8.21. The van der Waals surface area contributed by atoms with Crippen LogP contribution in [0, 0.1) is 5.92 Å². The minimum Gasteiger partial charge on any atom is -0.487 e. The van der Waals surface area contributed by atoms with Crippen molar-refractivity contribution in [1.29, 1.82) is 0 Å². The van der Waals surface area contributed by atoms with Crippen LogP contribution in [0.2, 0.25) is 0 Å². The molecule has 1 aliphatic rings. The first-order valence-corrected chi connectivity index (χ1v) is 13.1. The number of carboxylic acids is 1. The van der Waals surface area contributed by atoms with Gasteiger partial charge in [0, 0.05) is 31.6 Å². The lowest BCUT2D eigenvalue weighted by atomic mass is 10.0. The van der Waals surface area contributed by atoms with Crippen molar-refractivity contribution in [1.82, 2.24) is 9.21 Å². The minimum atomic E-state index is -3.87. The van der Waals surface area contributed by atoms with E-state index >= 15 is 0 Å². The molecule has 2 N–H and O–H groups in total. The standard InChI is InChI=1S/C26H34N2O6S/c1-5-6-20-9-12-25-23(13-20)34-24(18(2)14-28(19(3)17-29)35(25,32)33)16-27(4)15-21-7-10-22(11-8-21)26(30)31/h5-13,18-19,24,29H,14-17H2,1-4H3,(H,30,31)/t18-,19-,24-/m1/s1. The van der Waals surface area contributed by atoms with E-state index in [0.717, 1.165) is 11.1 Å². The summed E-state index contributed by atoms with van der Waals surface area (Å²) in [4.78, 5) is 13.3. The number of allylic oxidation sites excluding steroid dienone is 1. The van der Waals surface area contributed by atoms with Gasteiger partial charge in [-0.05, 0) is 56.3 Å². The highest BCUT2D eigenvalue weighted by molar-refractivity contribution is 7.89. The maximum absolute atomic E-state index is 13.5. The van der Waals surface area contributed by atoms with Gasteiger partial charge in [-0.25, -0.2) is 13.2 Å². The van der Waals surface area contributed by atoms with E-state index in [1.807, 2.05) is 33.0 Å². The molecule has 1 aliphatic heterocycles. The molecule has 0 bridgehead atoms. The summed E-state index contributed by atoms with van der Waals surface area (Å²) in [6.07, 6.45) is 3.44. The van der Waals surface area contributed by atoms with Crippen LogP contribution in [0.3, 0.4) is 0 Å². The predicted octanol–water partition coefficient (Wildman–Crippen LogP) is 3.32. The van der Waals surface area contributed by atoms with E-state index in [1.165, 1.54) is 4.31 Å². The zero-order chi connectivity index (χ0) is 25.8. The van der Waals surface area contributed by atoms with E-state index in [9.17, 15) is 18.3 Å². The van der Waals surface area contributed by atoms with Crippen LogP contribution in [-0.4, -0.2) is 72.7 Å². The number of aliphatic hydroxyl groups is 1. The quantitative estimate of drug-likeness (QED) is 0.570. The third kappa shape index (κ3) is 6.29. The molecule has 3 rings (SSSR count). The van der Waals surface area contributed by atoms with Gasteiger partial charge in [0.2, 0.25) is 10.0 Å². The van der Waals surface area contributed by atoms with Gasteiger partial charge in [-0.15, -0.1) is 0 Å². The Kier molecular flexibility index (Phi) is 8.71. The van der Waals surface area contributed by atoms with Crippen LogP contribution in [0.1, 0.15) is 42.3 Å². The Hall–Kier alpha value is -2.72. The number of sulfonamides is 1. The highest BCUT2D eigenvalue weighted by Gasteiger charge is 2.38. The highest BCUT2D eigenvalue weighted by Crippen LogP contribution is 2.34. The molecule has 190 valence electrons. The summed E-state index contributed by atoms with van der Waals surface area (Å²) < 4.78 is 34.7. The van der Waals surface area contributed by atoms with Gasteiger partial charge in [0.25, 0.3) is 0 Å². The number of carboxylic acid groups (broad SMARTS) is 1. The molecule has 1 heterocycles. The predicted molar refractivity (Wildman–Crippen MR) is 135 cm³/mol. The maximum atomic E-state index is 13.5. The fourth-order valence-electron chi connectivity index (χ4n) is 4.19. The van der Waals surface area contributed by atoms with Gasteiger partial charge in [0.1, 0.15) is 16.7 Å². The monoisotopic (exact) mass is 502 g/mol. The second-order valence-corrected chi connectivity index (χ2v) is 11.0. The molecular weight excluding hydrogens is 468 g/mol. The van der Waals surface area contributed by atoms with Crippen molar-refractivity contribution in [2.75, 3.05) is 26.7 Å². The Morgan fingerprint density at radius 1 is 1.26 bits per heavy atom. The lowest BCUT2D eigenvalue weighted by Crippen LogP contribution is -2.49. The first kappa shape index (κ1) is 26.9. The molecule has 0 saturated heterocycles. The Labute approximate surface area is 207 Å². The van der Waals surface area contributed by atoms with Gasteiger partial charge in [-0.3, -0.25) is 4.90 Å². The summed E-state index contributed by atoms with van der Waals surface area (Å²) in [5, 5.41) is 18.9. The van der Waals surface area contributed by atoms with E-state index in [-0.39, 0.29) is 35.6 Å². The first-order chi connectivity index (χ1) is 16.6. The summed E-state index contributed by atoms with van der Waals surface area (Å²) >= 11 is 0. The van der Waals surface area contributed by atoms with Crippen LogP contribution in [0.4, 0.5) is 0 Å². The van der Waals surface area contributed by atoms with Crippen LogP contribution >= 0.6 is 0 Å². The van der Waals surface area contributed by atoms with E-state index < -0.39 is 22.0 Å². The molecule has 0 aromatic heterocycles. The number of hydrogen-bond donors (Lipinski definition) is 2. The number of ether oxygens (including phenoxy) is 1. The molecule has 3 atom stereocenters. The van der Waals surface area contributed by atoms with Crippen molar-refractivity contribution in [3.8, 4) is 5.75 Å². The number of hydrogen-bond acceptors (Lipinski definition) is 6. The van der Waals surface area contributed by atoms with Crippen LogP contribution in [0.5, 0.6) is 5.75 Å². The molecule has 0 radical (unpaired) electrons. The summed E-state index contributed by atoms with van der Waals surface area (Å²) in [5.41, 5.74) is 2.04. The van der Waals surface area contributed by atoms with Gasteiger partial charge >= 0.3 is 5.97 Å². The van der Waals surface area contributed by atoms with Crippen molar-refractivity contribution in [2.24, 2.45) is 5.92 Å². The number of rotatable bonds is 8. The Morgan fingerprint density at radius 3 is 2.54 bits per heavy atom. The topological polar surface area (TPSA) is 107 Å².